The first-order valence-electron chi connectivity index (χ1n) is 6.91. The average Bonchev–Trinajstić information content (AvgIpc) is 2.55. The van der Waals surface area contributed by atoms with E-state index in [-0.39, 0.29) is 5.17 Å². The van der Waals surface area contributed by atoms with Crippen LogP contribution in [0.3, 0.4) is 0 Å². The Labute approximate surface area is 145 Å². The maximum Gasteiger partial charge on any atom is 0.419 e. The highest BCUT2D eigenvalue weighted by Gasteiger charge is 2.35. The normalized spacial score (nSPS) is 12.7. The van der Waals surface area contributed by atoms with E-state index in [1.165, 1.54) is 0 Å². The van der Waals surface area contributed by atoms with Crippen molar-refractivity contribution in [3.63, 3.8) is 0 Å². The number of rotatable bonds is 4. The van der Waals surface area contributed by atoms with Gasteiger partial charge in [0.1, 0.15) is 11.6 Å². The van der Waals surface area contributed by atoms with Crippen LogP contribution in [0.4, 0.5) is 17.6 Å². The smallest absolute Gasteiger partial charge is 0.419 e. The predicted octanol–water partition coefficient (Wildman–Crippen LogP) is 4.13. The molecule has 0 saturated carbocycles. The molecule has 9 heteroatoms. The van der Waals surface area contributed by atoms with Crippen LogP contribution in [0.5, 0.6) is 5.75 Å². The molecule has 2 aromatic carbocycles. The summed E-state index contributed by atoms with van der Waals surface area (Å²) in [6.07, 6.45) is -4.12. The Balaban J connectivity index is 2.11. The number of hydrogen-bond donors (Lipinski definition) is 2. The summed E-state index contributed by atoms with van der Waals surface area (Å²) in [6.45, 7) is 0. The van der Waals surface area contributed by atoms with Gasteiger partial charge in [-0.05, 0) is 17.7 Å². The molecule has 132 valence electrons. The molecule has 0 aliphatic heterocycles. The summed E-state index contributed by atoms with van der Waals surface area (Å²) in [5.41, 5.74) is 4.56. The van der Waals surface area contributed by atoms with E-state index in [9.17, 15) is 22.7 Å². The molecule has 0 radical (unpaired) electrons. The van der Waals surface area contributed by atoms with Crippen LogP contribution in [0, 0.1) is 5.82 Å². The van der Waals surface area contributed by atoms with Crippen molar-refractivity contribution in [2.24, 2.45) is 15.9 Å². The number of alkyl halides is 3. The Morgan fingerprint density at radius 2 is 1.84 bits per heavy atom. The van der Waals surface area contributed by atoms with Gasteiger partial charge in [0.05, 0.1) is 17.3 Å². The second kappa shape index (κ2) is 8.02. The zero-order valence-electron chi connectivity index (χ0n) is 12.7. The fraction of sp³-hybridized carbons (Fsp3) is 0.125. The highest BCUT2D eigenvalue weighted by Crippen LogP contribution is 2.37. The van der Waals surface area contributed by atoms with Crippen molar-refractivity contribution in [1.29, 1.82) is 0 Å². The van der Waals surface area contributed by atoms with Crippen LogP contribution in [0.2, 0.25) is 0 Å². The van der Waals surface area contributed by atoms with Gasteiger partial charge in [0.25, 0.3) is 0 Å². The largest absolute Gasteiger partial charge is 0.507 e. The standard InChI is InChI=1S/C16H13F4N3OS/c17-13-7-6-12(16(18,19)20)14(24)11(13)8-22-23-15(21)25-9-10-4-2-1-3-5-10/h1-8,24H,9H2,(H2,21,23). The number of nitrogens with zero attached hydrogens (tertiary/aromatic N) is 2. The van der Waals surface area contributed by atoms with Gasteiger partial charge in [0.15, 0.2) is 5.17 Å². The molecule has 0 aromatic heterocycles. The first-order valence-corrected chi connectivity index (χ1v) is 7.89. The predicted molar refractivity (Wildman–Crippen MR) is 90.0 cm³/mol. The van der Waals surface area contributed by atoms with Gasteiger partial charge in [-0.15, -0.1) is 5.10 Å². The van der Waals surface area contributed by atoms with Gasteiger partial charge in [0, 0.05) is 5.75 Å². The lowest BCUT2D eigenvalue weighted by atomic mass is 10.1. The van der Waals surface area contributed by atoms with Crippen LogP contribution >= 0.6 is 11.8 Å². The molecule has 0 heterocycles. The number of aromatic hydroxyl groups is 1. The summed E-state index contributed by atoms with van der Waals surface area (Å²) in [5.74, 6) is -1.78. The third-order valence-corrected chi connectivity index (χ3v) is 3.90. The fourth-order valence-corrected chi connectivity index (χ4v) is 2.45. The van der Waals surface area contributed by atoms with Crippen molar-refractivity contribution in [2.45, 2.75) is 11.9 Å². The van der Waals surface area contributed by atoms with E-state index in [2.05, 4.69) is 10.2 Å². The Morgan fingerprint density at radius 3 is 2.48 bits per heavy atom. The number of halogens is 4. The number of hydrogen-bond acceptors (Lipinski definition) is 4. The first-order chi connectivity index (χ1) is 11.8. The number of amidine groups is 1. The molecule has 0 amide bonds. The van der Waals surface area contributed by atoms with Crippen LogP contribution in [-0.4, -0.2) is 16.5 Å². The van der Waals surface area contributed by atoms with E-state index in [0.717, 1.165) is 17.3 Å². The quantitative estimate of drug-likeness (QED) is 0.367. The zero-order valence-corrected chi connectivity index (χ0v) is 13.5. The molecular formula is C16H13F4N3OS. The van der Waals surface area contributed by atoms with Crippen molar-refractivity contribution >= 4 is 23.1 Å². The van der Waals surface area contributed by atoms with E-state index in [4.69, 9.17) is 5.73 Å². The Hall–Kier alpha value is -2.55. The van der Waals surface area contributed by atoms with Crippen LogP contribution in [0.1, 0.15) is 16.7 Å². The van der Waals surface area contributed by atoms with E-state index < -0.39 is 28.9 Å². The van der Waals surface area contributed by atoms with Crippen molar-refractivity contribution in [3.05, 3.63) is 65.0 Å². The Morgan fingerprint density at radius 1 is 1.16 bits per heavy atom. The summed E-state index contributed by atoms with van der Waals surface area (Å²) in [7, 11) is 0. The Bertz CT molecular complexity index is 792. The third kappa shape index (κ3) is 5.21. The van der Waals surface area contributed by atoms with Crippen molar-refractivity contribution < 1.29 is 22.7 Å². The lowest BCUT2D eigenvalue weighted by Crippen LogP contribution is -2.08. The van der Waals surface area contributed by atoms with Crippen molar-refractivity contribution in [2.75, 3.05) is 0 Å². The molecule has 0 saturated heterocycles. The van der Waals surface area contributed by atoms with E-state index in [1.54, 1.807) is 0 Å². The highest BCUT2D eigenvalue weighted by molar-refractivity contribution is 8.13. The van der Waals surface area contributed by atoms with Gasteiger partial charge in [-0.1, -0.05) is 42.1 Å². The number of thioether (sulfide) groups is 1. The maximum absolute atomic E-state index is 13.6. The monoisotopic (exact) mass is 371 g/mol. The molecule has 0 bridgehead atoms. The summed E-state index contributed by atoms with van der Waals surface area (Å²) in [6, 6.07) is 10.4. The summed E-state index contributed by atoms with van der Waals surface area (Å²) in [5, 5.41) is 16.7. The van der Waals surface area contributed by atoms with E-state index in [1.807, 2.05) is 30.3 Å². The van der Waals surface area contributed by atoms with Gasteiger partial charge in [-0.25, -0.2) is 4.39 Å². The van der Waals surface area contributed by atoms with E-state index >= 15 is 0 Å². The SMILES string of the molecule is NC(=NN=Cc1c(F)ccc(C(F)(F)F)c1O)SCc1ccccc1. The summed E-state index contributed by atoms with van der Waals surface area (Å²) < 4.78 is 51.7. The topological polar surface area (TPSA) is 71.0 Å². The minimum absolute atomic E-state index is 0.0481. The molecule has 0 unspecified atom stereocenters. The van der Waals surface area contributed by atoms with E-state index in [0.29, 0.717) is 24.1 Å². The molecule has 2 aromatic rings. The highest BCUT2D eigenvalue weighted by atomic mass is 32.2. The van der Waals surface area contributed by atoms with Gasteiger partial charge in [-0.2, -0.15) is 18.3 Å². The van der Waals surface area contributed by atoms with Crippen LogP contribution in [0.25, 0.3) is 0 Å². The maximum atomic E-state index is 13.6. The molecule has 0 aliphatic carbocycles. The van der Waals surface area contributed by atoms with Gasteiger partial charge in [0.2, 0.25) is 0 Å². The van der Waals surface area contributed by atoms with Gasteiger partial charge >= 0.3 is 6.18 Å². The molecule has 4 nitrogen and oxygen atoms in total. The van der Waals surface area contributed by atoms with Crippen LogP contribution in [0.15, 0.2) is 52.7 Å². The zero-order chi connectivity index (χ0) is 18.4. The molecule has 2 rings (SSSR count). The number of phenols is 1. The molecular weight excluding hydrogens is 358 g/mol. The molecule has 3 N–H and O–H groups in total. The average molecular weight is 371 g/mol. The molecule has 0 spiro atoms. The van der Waals surface area contributed by atoms with Gasteiger partial charge < -0.3 is 10.8 Å². The van der Waals surface area contributed by atoms with Crippen LogP contribution in [-0.2, 0) is 11.9 Å². The second-order valence-corrected chi connectivity index (χ2v) is 5.81. The molecule has 0 aliphatic rings. The molecule has 25 heavy (non-hydrogen) atoms. The minimum Gasteiger partial charge on any atom is -0.507 e. The molecule has 0 atom stereocenters. The number of benzene rings is 2. The van der Waals surface area contributed by atoms with Crippen LogP contribution < -0.4 is 5.73 Å². The minimum atomic E-state index is -4.81. The van der Waals surface area contributed by atoms with Crippen molar-refractivity contribution in [1.82, 2.24) is 0 Å². The first kappa shape index (κ1) is 18.8. The Kier molecular flexibility index (Phi) is 6.02. The lowest BCUT2D eigenvalue weighted by molar-refractivity contribution is -0.138. The summed E-state index contributed by atoms with van der Waals surface area (Å²) in [4.78, 5) is 0. The third-order valence-electron chi connectivity index (χ3n) is 3.04. The summed E-state index contributed by atoms with van der Waals surface area (Å²) >= 11 is 1.16. The lowest BCUT2D eigenvalue weighted by Gasteiger charge is -2.10. The number of phenolic OH excluding ortho intramolecular Hbond substituents is 1. The number of nitrogens with two attached hydrogens (primary N) is 1. The fourth-order valence-electron chi connectivity index (χ4n) is 1.84. The molecule has 0 fully saturated rings. The van der Waals surface area contributed by atoms with Crippen molar-refractivity contribution in [3.8, 4) is 5.75 Å². The van der Waals surface area contributed by atoms with Gasteiger partial charge in [-0.3, -0.25) is 0 Å². The second-order valence-electron chi connectivity index (χ2n) is 4.81.